The van der Waals surface area contributed by atoms with Crippen molar-refractivity contribution in [2.45, 2.75) is 19.9 Å². The maximum absolute atomic E-state index is 8.49. The van der Waals surface area contributed by atoms with Gasteiger partial charge in [-0.25, -0.2) is 0 Å². The topological polar surface area (TPSA) is 36.3 Å². The van der Waals surface area contributed by atoms with Crippen LogP contribution < -0.4 is 0 Å². The van der Waals surface area contributed by atoms with Crippen molar-refractivity contribution >= 4 is 0 Å². The lowest BCUT2D eigenvalue weighted by molar-refractivity contribution is 0.0260. The summed E-state index contributed by atoms with van der Waals surface area (Å²) in [6, 6.07) is 2.13. The third-order valence-corrected chi connectivity index (χ3v) is 1.55. The van der Waals surface area contributed by atoms with Crippen molar-refractivity contribution in [2.24, 2.45) is 0 Å². The van der Waals surface area contributed by atoms with Crippen LogP contribution in [0.25, 0.3) is 0 Å². The molecule has 0 spiro atoms. The van der Waals surface area contributed by atoms with Crippen LogP contribution in [0.5, 0.6) is 0 Å². The van der Waals surface area contributed by atoms with Crippen LogP contribution in [0.15, 0.2) is 0 Å². The van der Waals surface area contributed by atoms with Crippen molar-refractivity contribution in [3.8, 4) is 6.07 Å². The molecule has 1 unspecified atom stereocenters. The number of rotatable bonds is 0. The molecule has 3 heteroatoms. The minimum absolute atomic E-state index is 0.0289. The van der Waals surface area contributed by atoms with Gasteiger partial charge in [0, 0.05) is 6.54 Å². The molecule has 0 aromatic carbocycles. The molecule has 0 radical (unpaired) electrons. The van der Waals surface area contributed by atoms with Gasteiger partial charge in [-0.15, -0.1) is 0 Å². The zero-order chi connectivity index (χ0) is 8.69. The maximum Gasteiger partial charge on any atom is 0.121 e. The predicted octanol–water partition coefficient (Wildman–Crippen LogP) is 0.867. The normalized spacial score (nSPS) is 24.7. The SMILES string of the molecule is CC.CN1CCOCC1C#N. The number of morpholine rings is 1. The van der Waals surface area contributed by atoms with E-state index in [9.17, 15) is 0 Å². The van der Waals surface area contributed by atoms with E-state index in [0.29, 0.717) is 6.61 Å². The van der Waals surface area contributed by atoms with E-state index in [2.05, 4.69) is 6.07 Å². The minimum atomic E-state index is -0.0289. The van der Waals surface area contributed by atoms with Gasteiger partial charge in [0.05, 0.1) is 19.3 Å². The zero-order valence-electron chi connectivity index (χ0n) is 7.50. The maximum atomic E-state index is 8.49. The highest BCUT2D eigenvalue weighted by Gasteiger charge is 2.17. The Morgan fingerprint density at radius 1 is 1.55 bits per heavy atom. The van der Waals surface area contributed by atoms with Gasteiger partial charge < -0.3 is 4.74 Å². The molecule has 0 aromatic rings. The average molecular weight is 156 g/mol. The number of ether oxygens (including phenoxy) is 1. The molecule has 1 aliphatic heterocycles. The van der Waals surface area contributed by atoms with E-state index in [-0.39, 0.29) is 6.04 Å². The smallest absolute Gasteiger partial charge is 0.121 e. The van der Waals surface area contributed by atoms with Gasteiger partial charge in [0.2, 0.25) is 0 Å². The van der Waals surface area contributed by atoms with Crippen molar-refractivity contribution < 1.29 is 4.74 Å². The summed E-state index contributed by atoms with van der Waals surface area (Å²) in [6.07, 6.45) is 0. The lowest BCUT2D eigenvalue weighted by atomic mass is 10.3. The quantitative estimate of drug-likeness (QED) is 0.522. The molecule has 0 aliphatic carbocycles. The average Bonchev–Trinajstić information content (AvgIpc) is 2.09. The molecule has 3 nitrogen and oxygen atoms in total. The molecule has 0 aromatic heterocycles. The van der Waals surface area contributed by atoms with E-state index in [0.717, 1.165) is 13.2 Å². The first kappa shape index (κ1) is 10.4. The van der Waals surface area contributed by atoms with Crippen molar-refractivity contribution in [2.75, 3.05) is 26.8 Å². The second kappa shape index (κ2) is 6.14. The van der Waals surface area contributed by atoms with Crippen molar-refractivity contribution in [3.05, 3.63) is 0 Å². The summed E-state index contributed by atoms with van der Waals surface area (Å²) in [7, 11) is 1.94. The van der Waals surface area contributed by atoms with Crippen molar-refractivity contribution in [1.82, 2.24) is 4.90 Å². The summed E-state index contributed by atoms with van der Waals surface area (Å²) in [5, 5.41) is 8.49. The highest BCUT2D eigenvalue weighted by molar-refractivity contribution is 4.91. The predicted molar refractivity (Wildman–Crippen MR) is 44.2 cm³/mol. The molecule has 0 N–H and O–H groups in total. The Labute approximate surface area is 68.6 Å². The first-order chi connectivity index (χ1) is 5.34. The highest BCUT2D eigenvalue weighted by atomic mass is 16.5. The van der Waals surface area contributed by atoms with Gasteiger partial charge in [-0.3, -0.25) is 4.90 Å². The van der Waals surface area contributed by atoms with Crippen LogP contribution in [-0.4, -0.2) is 37.7 Å². The van der Waals surface area contributed by atoms with Gasteiger partial charge >= 0.3 is 0 Å². The minimum Gasteiger partial charge on any atom is -0.377 e. The monoisotopic (exact) mass is 156 g/mol. The number of hydrogen-bond acceptors (Lipinski definition) is 3. The first-order valence-electron chi connectivity index (χ1n) is 4.02. The van der Waals surface area contributed by atoms with Gasteiger partial charge in [-0.2, -0.15) is 5.26 Å². The van der Waals surface area contributed by atoms with E-state index >= 15 is 0 Å². The second-order valence-electron chi connectivity index (χ2n) is 2.20. The Morgan fingerprint density at radius 3 is 2.55 bits per heavy atom. The molecular weight excluding hydrogens is 140 g/mol. The van der Waals surface area contributed by atoms with E-state index in [1.165, 1.54) is 0 Å². The van der Waals surface area contributed by atoms with E-state index in [1.807, 2.05) is 25.8 Å². The fourth-order valence-corrected chi connectivity index (χ4v) is 0.822. The van der Waals surface area contributed by atoms with Crippen LogP contribution in [0.1, 0.15) is 13.8 Å². The molecule has 0 saturated carbocycles. The molecule has 1 saturated heterocycles. The van der Waals surface area contributed by atoms with Crippen LogP contribution >= 0.6 is 0 Å². The van der Waals surface area contributed by atoms with Gasteiger partial charge in [0.15, 0.2) is 0 Å². The van der Waals surface area contributed by atoms with Gasteiger partial charge in [0.1, 0.15) is 6.04 Å². The van der Waals surface area contributed by atoms with Crippen LogP contribution in [-0.2, 0) is 4.74 Å². The van der Waals surface area contributed by atoms with Gasteiger partial charge in [0.25, 0.3) is 0 Å². The molecule has 0 bridgehead atoms. The lowest BCUT2D eigenvalue weighted by Gasteiger charge is -2.26. The summed E-state index contributed by atoms with van der Waals surface area (Å²) in [5.41, 5.74) is 0. The van der Waals surface area contributed by atoms with Gasteiger partial charge in [-0.05, 0) is 7.05 Å². The summed E-state index contributed by atoms with van der Waals surface area (Å²) in [4.78, 5) is 2.00. The van der Waals surface area contributed by atoms with E-state index in [1.54, 1.807) is 0 Å². The molecule has 1 heterocycles. The molecule has 64 valence electrons. The largest absolute Gasteiger partial charge is 0.377 e. The van der Waals surface area contributed by atoms with E-state index in [4.69, 9.17) is 10.00 Å². The molecule has 1 aliphatic rings. The molecule has 1 rings (SSSR count). The highest BCUT2D eigenvalue weighted by Crippen LogP contribution is 2.00. The van der Waals surface area contributed by atoms with Crippen LogP contribution in [0.2, 0.25) is 0 Å². The van der Waals surface area contributed by atoms with Crippen LogP contribution in [0.3, 0.4) is 0 Å². The molecule has 1 fully saturated rings. The second-order valence-corrected chi connectivity index (χ2v) is 2.20. The number of likely N-dealkylation sites (N-methyl/N-ethyl adjacent to an activating group) is 1. The summed E-state index contributed by atoms with van der Waals surface area (Å²) < 4.78 is 5.08. The summed E-state index contributed by atoms with van der Waals surface area (Å²) >= 11 is 0. The first-order valence-corrected chi connectivity index (χ1v) is 4.02. The zero-order valence-corrected chi connectivity index (χ0v) is 7.50. The van der Waals surface area contributed by atoms with Crippen LogP contribution in [0.4, 0.5) is 0 Å². The van der Waals surface area contributed by atoms with E-state index < -0.39 is 0 Å². The third-order valence-electron chi connectivity index (χ3n) is 1.55. The molecule has 1 atom stereocenters. The molecule has 11 heavy (non-hydrogen) atoms. The standard InChI is InChI=1S/C6H10N2O.C2H6/c1-8-2-3-9-5-6(8)4-7;1-2/h6H,2-3,5H2,1H3;1-2H3. The Hall–Kier alpha value is -0.590. The van der Waals surface area contributed by atoms with Crippen molar-refractivity contribution in [1.29, 1.82) is 5.26 Å². The number of nitrogens with zero attached hydrogens (tertiary/aromatic N) is 2. The Bertz CT molecular complexity index is 131. The summed E-state index contributed by atoms with van der Waals surface area (Å²) in [5.74, 6) is 0. The summed E-state index contributed by atoms with van der Waals surface area (Å²) in [6.45, 7) is 6.19. The molecular formula is C8H16N2O. The Morgan fingerprint density at radius 2 is 2.18 bits per heavy atom. The Kier molecular flexibility index (Phi) is 5.81. The molecule has 0 amide bonds. The number of nitriles is 1. The number of hydrogen-bond donors (Lipinski definition) is 0. The third kappa shape index (κ3) is 3.35. The fraction of sp³-hybridized carbons (Fsp3) is 0.875. The lowest BCUT2D eigenvalue weighted by Crippen LogP contribution is -2.41. The Balaban J connectivity index is 0.000000461. The fourth-order valence-electron chi connectivity index (χ4n) is 0.822. The van der Waals surface area contributed by atoms with Gasteiger partial charge in [-0.1, -0.05) is 13.8 Å². The van der Waals surface area contributed by atoms with Crippen LogP contribution in [0, 0.1) is 11.3 Å². The van der Waals surface area contributed by atoms with Crippen molar-refractivity contribution in [3.63, 3.8) is 0 Å².